The number of hydrogen-bond donors (Lipinski definition) is 4. The van der Waals surface area contributed by atoms with Gasteiger partial charge < -0.3 is 29.8 Å². The van der Waals surface area contributed by atoms with Crippen molar-refractivity contribution in [3.8, 4) is 22.9 Å². The summed E-state index contributed by atoms with van der Waals surface area (Å²) >= 11 is 0. The molecule has 0 radical (unpaired) electrons. The Hall–Kier alpha value is -6.09. The van der Waals surface area contributed by atoms with Crippen molar-refractivity contribution < 1.29 is 24.5 Å². The third-order valence-corrected chi connectivity index (χ3v) is 10.0. The minimum Gasteiger partial charge on any atom is -0.508 e. The van der Waals surface area contributed by atoms with Crippen molar-refractivity contribution in [2.75, 3.05) is 0 Å². The molecule has 0 unspecified atom stereocenters. The Bertz CT molecular complexity index is 2390. The highest BCUT2D eigenvalue weighted by atomic mass is 16.5. The smallest absolute Gasteiger partial charge is 0.326 e. The number of aromatic amines is 1. The number of aromatic nitrogens is 3. The van der Waals surface area contributed by atoms with Crippen LogP contribution in [0.3, 0.4) is 0 Å². The van der Waals surface area contributed by atoms with E-state index in [9.17, 15) is 19.8 Å². The lowest BCUT2D eigenvalue weighted by atomic mass is 9.94. The van der Waals surface area contributed by atoms with Crippen LogP contribution in [0.25, 0.3) is 44.1 Å². The first-order chi connectivity index (χ1) is 24.9. The molecule has 0 spiro atoms. The number of carboxylic acids is 1. The lowest BCUT2D eigenvalue weighted by Crippen LogP contribution is -2.42. The number of aliphatic carboxylic acids is 1. The first kappa shape index (κ1) is 32.1. The van der Waals surface area contributed by atoms with Gasteiger partial charge in [0, 0.05) is 40.7 Å². The number of nitrogens with zero attached hydrogens (tertiary/aromatic N) is 2. The van der Waals surface area contributed by atoms with Crippen LogP contribution in [-0.4, -0.2) is 42.7 Å². The van der Waals surface area contributed by atoms with Crippen molar-refractivity contribution in [3.63, 3.8) is 0 Å². The van der Waals surface area contributed by atoms with Gasteiger partial charge in [-0.1, -0.05) is 55.7 Å². The fourth-order valence-electron chi connectivity index (χ4n) is 7.34. The van der Waals surface area contributed by atoms with E-state index in [1.165, 1.54) is 17.2 Å². The molecule has 9 nitrogen and oxygen atoms in total. The van der Waals surface area contributed by atoms with Crippen molar-refractivity contribution in [2.24, 2.45) is 0 Å². The number of aromatic hydroxyl groups is 1. The highest BCUT2D eigenvalue weighted by molar-refractivity contribution is 6.00. The van der Waals surface area contributed by atoms with Crippen LogP contribution in [0.5, 0.6) is 11.5 Å². The largest absolute Gasteiger partial charge is 0.508 e. The van der Waals surface area contributed by atoms with Crippen molar-refractivity contribution in [1.82, 2.24) is 19.9 Å². The van der Waals surface area contributed by atoms with Crippen LogP contribution >= 0.6 is 0 Å². The van der Waals surface area contributed by atoms with E-state index in [2.05, 4.69) is 45.2 Å². The molecule has 2 aromatic heterocycles. The van der Waals surface area contributed by atoms with E-state index in [1.54, 1.807) is 36.5 Å². The first-order valence-electron chi connectivity index (χ1n) is 17.5. The van der Waals surface area contributed by atoms with Gasteiger partial charge in [-0.05, 0) is 101 Å². The summed E-state index contributed by atoms with van der Waals surface area (Å²) < 4.78 is 8.47. The predicted molar refractivity (Wildman–Crippen MR) is 198 cm³/mol. The number of phenols is 1. The lowest BCUT2D eigenvalue weighted by Gasteiger charge is -2.25. The van der Waals surface area contributed by atoms with Gasteiger partial charge in [0.15, 0.2) is 0 Å². The maximum Gasteiger partial charge on any atom is 0.326 e. The maximum absolute atomic E-state index is 13.5. The Morgan fingerprint density at radius 1 is 0.902 bits per heavy atom. The van der Waals surface area contributed by atoms with E-state index < -0.39 is 17.9 Å². The minimum atomic E-state index is -1.17. The van der Waals surface area contributed by atoms with Crippen LogP contribution in [-0.2, 0) is 17.8 Å². The number of nitrogens with one attached hydrogen (secondary N) is 2. The molecule has 0 saturated heterocycles. The van der Waals surface area contributed by atoms with Crippen molar-refractivity contribution in [3.05, 3.63) is 126 Å². The number of carboxylic acid groups (broad SMARTS) is 1. The molecule has 51 heavy (non-hydrogen) atoms. The maximum atomic E-state index is 13.5. The number of H-pyrrole nitrogens is 1. The SMILES string of the molecule is O=C(N[C@H](Cc1c[nH]c2ccc(O)cc12)C(=O)O)c1ccc2c(c1)nc(-c1ccc(OCc3ccc4ccccc4c3)cc1)n2C1CCCCC1. The first-order valence-corrected chi connectivity index (χ1v) is 17.5. The number of hydrogen-bond acceptors (Lipinski definition) is 5. The van der Waals surface area contributed by atoms with Crippen LogP contribution in [0.15, 0.2) is 109 Å². The van der Waals surface area contributed by atoms with Crippen LogP contribution < -0.4 is 10.1 Å². The summed E-state index contributed by atoms with van der Waals surface area (Å²) in [4.78, 5) is 34.0. The van der Waals surface area contributed by atoms with Gasteiger partial charge in [0.1, 0.15) is 30.0 Å². The van der Waals surface area contributed by atoms with Crippen LogP contribution in [0.1, 0.15) is 59.6 Å². The molecule has 8 rings (SSSR count). The molecule has 0 aliphatic heterocycles. The Labute approximate surface area is 294 Å². The molecular formula is C42H38N4O5. The zero-order valence-corrected chi connectivity index (χ0v) is 28.0. The minimum absolute atomic E-state index is 0.0508. The van der Waals surface area contributed by atoms with E-state index in [4.69, 9.17) is 9.72 Å². The second-order valence-corrected chi connectivity index (χ2v) is 13.4. The highest BCUT2D eigenvalue weighted by Gasteiger charge is 2.26. The number of carbonyl (C=O) groups is 2. The van der Waals surface area contributed by atoms with E-state index in [0.717, 1.165) is 59.4 Å². The Balaban J connectivity index is 1.04. The third kappa shape index (κ3) is 6.62. The quantitative estimate of drug-likeness (QED) is 0.115. The molecule has 7 aromatic rings. The normalized spacial score (nSPS) is 14.2. The second-order valence-electron chi connectivity index (χ2n) is 13.4. The molecule has 1 fully saturated rings. The highest BCUT2D eigenvalue weighted by Crippen LogP contribution is 2.37. The molecule has 1 amide bonds. The summed E-state index contributed by atoms with van der Waals surface area (Å²) in [6, 6.07) is 32.1. The fourth-order valence-corrected chi connectivity index (χ4v) is 7.34. The van der Waals surface area contributed by atoms with Crippen LogP contribution in [0, 0.1) is 0 Å². The third-order valence-electron chi connectivity index (χ3n) is 10.0. The molecule has 256 valence electrons. The van der Waals surface area contributed by atoms with Gasteiger partial charge in [0.25, 0.3) is 5.91 Å². The molecule has 1 atom stereocenters. The van der Waals surface area contributed by atoms with E-state index in [-0.39, 0.29) is 18.2 Å². The summed E-state index contributed by atoms with van der Waals surface area (Å²) in [6.45, 7) is 0.462. The fraction of sp³-hybridized carbons (Fsp3) is 0.214. The van der Waals surface area contributed by atoms with Gasteiger partial charge in [-0.25, -0.2) is 9.78 Å². The summed E-state index contributed by atoms with van der Waals surface area (Å²) in [5.41, 5.74) is 5.47. The second kappa shape index (κ2) is 13.7. The van der Waals surface area contributed by atoms with Crippen molar-refractivity contribution >= 4 is 44.6 Å². The standard InChI is InChI=1S/C42H38N4O5/c47-33-15-18-36-35(23-33)31(24-43-36)22-38(42(49)50)45-41(48)30-14-19-39-37(21-30)44-40(46(39)32-8-2-1-3-9-32)28-12-16-34(17-13-28)51-25-26-10-11-27-6-4-5-7-29(27)20-26/h4-7,10-21,23-24,32,38,43,47H,1-3,8-9,22,25H2,(H,45,48)(H,49,50)/t38-/m1/s1. The summed E-state index contributed by atoms with van der Waals surface area (Å²) in [5.74, 6) is 0.0483. The van der Waals surface area contributed by atoms with Gasteiger partial charge in [-0.15, -0.1) is 0 Å². The Morgan fingerprint density at radius 3 is 2.51 bits per heavy atom. The average molecular weight is 679 g/mol. The number of rotatable bonds is 10. The molecule has 9 heteroatoms. The predicted octanol–water partition coefficient (Wildman–Crippen LogP) is 8.55. The summed E-state index contributed by atoms with van der Waals surface area (Å²) in [7, 11) is 0. The van der Waals surface area contributed by atoms with Crippen molar-refractivity contribution in [2.45, 2.75) is 57.2 Å². The molecule has 5 aromatic carbocycles. The molecule has 1 aliphatic rings. The lowest BCUT2D eigenvalue weighted by molar-refractivity contribution is -0.139. The molecule has 0 bridgehead atoms. The molecule has 1 aliphatic carbocycles. The van der Waals surface area contributed by atoms with Gasteiger partial charge in [-0.2, -0.15) is 0 Å². The summed E-state index contributed by atoms with van der Waals surface area (Å²) in [6.07, 6.45) is 7.39. The summed E-state index contributed by atoms with van der Waals surface area (Å²) in [5, 5.41) is 25.8. The Morgan fingerprint density at radius 2 is 1.71 bits per heavy atom. The van der Waals surface area contributed by atoms with Crippen LogP contribution in [0.2, 0.25) is 0 Å². The number of carbonyl (C=O) groups excluding carboxylic acids is 1. The molecule has 4 N–H and O–H groups in total. The Kier molecular flexibility index (Phi) is 8.61. The van der Waals surface area contributed by atoms with Gasteiger partial charge >= 0.3 is 5.97 Å². The van der Waals surface area contributed by atoms with E-state index in [1.807, 2.05) is 42.5 Å². The number of imidazole rings is 1. The monoisotopic (exact) mass is 678 g/mol. The van der Waals surface area contributed by atoms with Gasteiger partial charge in [-0.3, -0.25) is 4.79 Å². The van der Waals surface area contributed by atoms with Crippen LogP contribution in [0.4, 0.5) is 0 Å². The number of benzene rings is 5. The number of fused-ring (bicyclic) bond motifs is 3. The molecular weight excluding hydrogens is 640 g/mol. The zero-order valence-electron chi connectivity index (χ0n) is 28.0. The van der Waals surface area contributed by atoms with E-state index in [0.29, 0.717) is 28.6 Å². The number of ether oxygens (including phenoxy) is 1. The molecule has 2 heterocycles. The molecule has 1 saturated carbocycles. The van der Waals surface area contributed by atoms with Gasteiger partial charge in [0.2, 0.25) is 0 Å². The topological polar surface area (TPSA) is 129 Å². The van der Waals surface area contributed by atoms with Gasteiger partial charge in [0.05, 0.1) is 11.0 Å². The van der Waals surface area contributed by atoms with E-state index >= 15 is 0 Å². The number of phenolic OH excluding ortho intramolecular Hbond substituents is 1. The number of amides is 1. The van der Waals surface area contributed by atoms with Crippen molar-refractivity contribution in [1.29, 1.82) is 0 Å². The zero-order chi connectivity index (χ0) is 34.9. The average Bonchev–Trinajstić information content (AvgIpc) is 3.74.